The molecule has 1 fully saturated rings. The van der Waals surface area contributed by atoms with E-state index in [1.54, 1.807) is 47.0 Å². The van der Waals surface area contributed by atoms with Crippen LogP contribution in [0.25, 0.3) is 11.1 Å². The second-order valence-corrected chi connectivity index (χ2v) is 8.87. The van der Waals surface area contributed by atoms with Crippen LogP contribution in [0.5, 0.6) is 0 Å². The van der Waals surface area contributed by atoms with E-state index in [0.29, 0.717) is 28.4 Å². The lowest BCUT2D eigenvalue weighted by Gasteiger charge is -2.20. The number of halogens is 1. The maximum absolute atomic E-state index is 13.4. The summed E-state index contributed by atoms with van der Waals surface area (Å²) < 4.78 is 1.63. The quantitative estimate of drug-likeness (QED) is 0.624. The van der Waals surface area contributed by atoms with Crippen LogP contribution in [0.1, 0.15) is 33.0 Å². The van der Waals surface area contributed by atoms with Crippen molar-refractivity contribution in [3.8, 4) is 11.1 Å². The molecule has 2 aliphatic rings. The van der Waals surface area contributed by atoms with E-state index in [0.717, 1.165) is 16.8 Å². The second kappa shape index (κ2) is 8.04. The largest absolute Gasteiger partial charge is 0.346 e. The Bertz CT molecular complexity index is 1260. The smallest absolute Gasteiger partial charge is 0.272 e. The van der Waals surface area contributed by atoms with Gasteiger partial charge in [-0.2, -0.15) is 5.10 Å². The fourth-order valence-electron chi connectivity index (χ4n) is 4.37. The molecule has 2 unspecified atom stereocenters. The van der Waals surface area contributed by atoms with Crippen LogP contribution >= 0.6 is 11.6 Å². The van der Waals surface area contributed by atoms with Crippen molar-refractivity contribution >= 4 is 35.0 Å². The van der Waals surface area contributed by atoms with E-state index >= 15 is 0 Å². The number of hydrogen-bond donors (Lipinski definition) is 2. The first-order valence-corrected chi connectivity index (χ1v) is 11.0. The Balaban J connectivity index is 1.39. The number of carbonyl (C=O) groups is 3. The summed E-state index contributed by atoms with van der Waals surface area (Å²) in [5, 5.41) is 10.6. The molecule has 9 heteroatoms. The predicted molar refractivity (Wildman–Crippen MR) is 124 cm³/mol. The number of carbonyl (C=O) groups excluding carboxylic acids is 3. The van der Waals surface area contributed by atoms with Gasteiger partial charge in [0, 0.05) is 30.4 Å². The highest BCUT2D eigenvalue weighted by Gasteiger charge is 2.43. The molecular formula is C24H22ClN5O3. The molecule has 2 atom stereocenters. The molecule has 3 aromatic rings. The number of amides is 3. The SMILES string of the molecule is Cc1cc(C(=O)NC2CC3C(=O)Nc4ccc(-c5ccc(Cl)cc5)cc4C(=O)N3C2)nn1C. The zero-order chi connectivity index (χ0) is 23.3. The number of aromatic nitrogens is 2. The topological polar surface area (TPSA) is 96.3 Å². The molecule has 0 aliphatic carbocycles. The van der Waals surface area contributed by atoms with Gasteiger partial charge in [0.15, 0.2) is 0 Å². The van der Waals surface area contributed by atoms with Crippen molar-refractivity contribution in [2.24, 2.45) is 7.05 Å². The minimum atomic E-state index is -0.653. The molecule has 33 heavy (non-hydrogen) atoms. The fourth-order valence-corrected chi connectivity index (χ4v) is 4.49. The van der Waals surface area contributed by atoms with E-state index in [-0.39, 0.29) is 30.3 Å². The van der Waals surface area contributed by atoms with E-state index in [1.165, 1.54) is 0 Å². The Kier molecular flexibility index (Phi) is 5.17. The summed E-state index contributed by atoms with van der Waals surface area (Å²) in [5.74, 6) is -0.819. The molecule has 0 bridgehead atoms. The highest BCUT2D eigenvalue weighted by molar-refractivity contribution is 6.30. The highest BCUT2D eigenvalue weighted by atomic mass is 35.5. The monoisotopic (exact) mass is 463 g/mol. The molecule has 1 aromatic heterocycles. The summed E-state index contributed by atoms with van der Waals surface area (Å²) in [4.78, 5) is 40.5. The minimum Gasteiger partial charge on any atom is -0.346 e. The van der Waals surface area contributed by atoms with Crippen molar-refractivity contribution in [1.82, 2.24) is 20.0 Å². The van der Waals surface area contributed by atoms with Gasteiger partial charge in [-0.05, 0) is 54.8 Å². The molecule has 3 heterocycles. The zero-order valence-corrected chi connectivity index (χ0v) is 18.9. The fraction of sp³-hybridized carbons (Fsp3) is 0.250. The number of aryl methyl sites for hydroxylation is 2. The van der Waals surface area contributed by atoms with E-state index in [4.69, 9.17) is 11.6 Å². The normalized spacial score (nSPS) is 19.5. The molecule has 5 rings (SSSR count). The summed E-state index contributed by atoms with van der Waals surface area (Å²) in [6, 6.07) is 13.4. The van der Waals surface area contributed by atoms with Crippen LogP contribution < -0.4 is 10.6 Å². The molecule has 168 valence electrons. The standard InChI is InChI=1S/C24H22ClN5O3/c1-13-9-20(28-29(13)2)22(31)26-17-11-21-23(32)27-19-8-5-15(14-3-6-16(25)7-4-14)10-18(19)24(33)30(21)12-17/h3-10,17,21H,11-12H2,1-2H3,(H,26,31)(H,27,32). The Morgan fingerprint density at radius 1 is 1.12 bits per heavy atom. The molecule has 2 aliphatic heterocycles. The molecule has 1 saturated heterocycles. The second-order valence-electron chi connectivity index (χ2n) is 8.43. The maximum Gasteiger partial charge on any atom is 0.272 e. The Morgan fingerprint density at radius 2 is 1.85 bits per heavy atom. The molecule has 8 nitrogen and oxygen atoms in total. The zero-order valence-electron chi connectivity index (χ0n) is 18.1. The Labute approximate surface area is 195 Å². The third-order valence-electron chi connectivity index (χ3n) is 6.23. The average Bonchev–Trinajstić information content (AvgIpc) is 3.35. The van der Waals surface area contributed by atoms with Crippen LogP contribution in [0.15, 0.2) is 48.5 Å². The van der Waals surface area contributed by atoms with Gasteiger partial charge in [-0.1, -0.05) is 29.8 Å². The lowest BCUT2D eigenvalue weighted by molar-refractivity contribution is -0.119. The number of anilines is 1. The summed E-state index contributed by atoms with van der Waals surface area (Å²) >= 11 is 5.99. The van der Waals surface area contributed by atoms with Gasteiger partial charge >= 0.3 is 0 Å². The van der Waals surface area contributed by atoms with Crippen LogP contribution in [0.2, 0.25) is 5.02 Å². The summed E-state index contributed by atoms with van der Waals surface area (Å²) in [6.07, 6.45) is 0.340. The number of nitrogens with one attached hydrogen (secondary N) is 2. The van der Waals surface area contributed by atoms with Crippen LogP contribution in [0.3, 0.4) is 0 Å². The van der Waals surface area contributed by atoms with Crippen molar-refractivity contribution in [3.05, 3.63) is 70.5 Å². The van der Waals surface area contributed by atoms with Crippen molar-refractivity contribution in [2.45, 2.75) is 25.4 Å². The lowest BCUT2D eigenvalue weighted by Crippen LogP contribution is -2.41. The molecule has 0 saturated carbocycles. The van der Waals surface area contributed by atoms with E-state index in [1.807, 2.05) is 25.1 Å². The van der Waals surface area contributed by atoms with Crippen LogP contribution in [0, 0.1) is 6.92 Å². The van der Waals surface area contributed by atoms with Gasteiger partial charge in [-0.3, -0.25) is 19.1 Å². The molecular weight excluding hydrogens is 442 g/mol. The van der Waals surface area contributed by atoms with Crippen molar-refractivity contribution < 1.29 is 14.4 Å². The van der Waals surface area contributed by atoms with Gasteiger partial charge in [0.05, 0.1) is 11.3 Å². The highest BCUT2D eigenvalue weighted by Crippen LogP contribution is 2.32. The molecule has 3 amide bonds. The van der Waals surface area contributed by atoms with Gasteiger partial charge in [-0.15, -0.1) is 0 Å². The summed E-state index contributed by atoms with van der Waals surface area (Å²) in [7, 11) is 1.77. The van der Waals surface area contributed by atoms with Gasteiger partial charge < -0.3 is 15.5 Å². The average molecular weight is 464 g/mol. The first-order chi connectivity index (χ1) is 15.8. The number of nitrogens with zero attached hydrogens (tertiary/aromatic N) is 3. The van der Waals surface area contributed by atoms with Crippen molar-refractivity contribution in [1.29, 1.82) is 0 Å². The van der Waals surface area contributed by atoms with Gasteiger partial charge in [0.2, 0.25) is 5.91 Å². The van der Waals surface area contributed by atoms with Crippen LogP contribution in [-0.2, 0) is 11.8 Å². The number of fused-ring (bicyclic) bond motifs is 2. The molecule has 2 N–H and O–H groups in total. The summed E-state index contributed by atoms with van der Waals surface area (Å²) in [5.41, 5.74) is 3.85. The molecule has 0 spiro atoms. The van der Waals surface area contributed by atoms with Crippen molar-refractivity contribution in [2.75, 3.05) is 11.9 Å². The Hall–Kier alpha value is -3.65. The van der Waals surface area contributed by atoms with Crippen LogP contribution in [0.4, 0.5) is 5.69 Å². The van der Waals surface area contributed by atoms with Gasteiger partial charge in [0.1, 0.15) is 11.7 Å². The third-order valence-corrected chi connectivity index (χ3v) is 6.48. The van der Waals surface area contributed by atoms with Gasteiger partial charge in [0.25, 0.3) is 11.8 Å². The molecule has 2 aromatic carbocycles. The predicted octanol–water partition coefficient (Wildman–Crippen LogP) is 3.01. The Morgan fingerprint density at radius 3 is 2.55 bits per heavy atom. The van der Waals surface area contributed by atoms with E-state index in [9.17, 15) is 14.4 Å². The summed E-state index contributed by atoms with van der Waals surface area (Å²) in [6.45, 7) is 2.11. The van der Waals surface area contributed by atoms with Crippen LogP contribution in [-0.4, -0.2) is 51.0 Å². The molecule has 0 radical (unpaired) electrons. The van der Waals surface area contributed by atoms with E-state index in [2.05, 4.69) is 15.7 Å². The minimum absolute atomic E-state index is 0.241. The number of hydrogen-bond acceptors (Lipinski definition) is 4. The van der Waals surface area contributed by atoms with E-state index < -0.39 is 6.04 Å². The maximum atomic E-state index is 13.4. The first-order valence-electron chi connectivity index (χ1n) is 10.6. The van der Waals surface area contributed by atoms with Gasteiger partial charge in [-0.25, -0.2) is 0 Å². The first kappa shape index (κ1) is 21.2. The lowest BCUT2D eigenvalue weighted by atomic mass is 10.0. The van der Waals surface area contributed by atoms with Crippen molar-refractivity contribution in [3.63, 3.8) is 0 Å². The number of benzene rings is 2. The third kappa shape index (κ3) is 3.87. The number of rotatable bonds is 3.